The molecule has 0 spiro atoms. The first-order valence-electron chi connectivity index (χ1n) is 27.4. The Morgan fingerprint density at radius 3 is 1.00 bits per heavy atom. The zero-order valence-corrected chi connectivity index (χ0v) is 41.2. The van der Waals surface area contributed by atoms with E-state index in [1.165, 1.54) is 231 Å². The van der Waals surface area contributed by atoms with Gasteiger partial charge in [-0.15, -0.1) is 0 Å². The van der Waals surface area contributed by atoms with Gasteiger partial charge in [0.2, 0.25) is 5.91 Å². The summed E-state index contributed by atoms with van der Waals surface area (Å²) in [6.07, 6.45) is 73.0. The first-order valence-corrected chi connectivity index (χ1v) is 27.4. The zero-order valence-electron chi connectivity index (χ0n) is 41.2. The van der Waals surface area contributed by atoms with E-state index in [4.69, 9.17) is 0 Å². The quantitative estimate of drug-likeness (QED) is 0.0422. The van der Waals surface area contributed by atoms with Crippen molar-refractivity contribution < 1.29 is 15.0 Å². The Balaban J connectivity index is 3.34. The Morgan fingerprint density at radius 1 is 0.393 bits per heavy atom. The summed E-state index contributed by atoms with van der Waals surface area (Å²) in [4.78, 5) is 12.4. The minimum Gasteiger partial charge on any atom is -0.394 e. The second kappa shape index (κ2) is 52.7. The fraction of sp³-hybridized carbons (Fsp3) is 0.842. The number of aliphatic hydroxyl groups is 2. The molecule has 3 N–H and O–H groups in total. The molecule has 4 nitrogen and oxygen atoms in total. The van der Waals surface area contributed by atoms with E-state index in [9.17, 15) is 15.0 Å². The van der Waals surface area contributed by atoms with E-state index < -0.39 is 12.1 Å². The van der Waals surface area contributed by atoms with Crippen molar-refractivity contribution in [3.63, 3.8) is 0 Å². The molecule has 0 saturated heterocycles. The molecule has 61 heavy (non-hydrogen) atoms. The summed E-state index contributed by atoms with van der Waals surface area (Å²) in [5.41, 5.74) is 0. The molecule has 2 unspecified atom stereocenters. The van der Waals surface area contributed by atoms with Gasteiger partial charge in [-0.05, 0) is 57.8 Å². The maximum atomic E-state index is 12.4. The predicted octanol–water partition coefficient (Wildman–Crippen LogP) is 17.9. The Labute approximate surface area is 382 Å². The highest BCUT2D eigenvalue weighted by atomic mass is 16.3. The third kappa shape index (κ3) is 49.2. The van der Waals surface area contributed by atoms with Gasteiger partial charge in [-0.1, -0.05) is 274 Å². The van der Waals surface area contributed by atoms with E-state index in [-0.39, 0.29) is 12.5 Å². The molecular weight excluding hydrogens is 747 g/mol. The molecule has 0 aromatic carbocycles. The van der Waals surface area contributed by atoms with Crippen LogP contribution in [0.1, 0.15) is 290 Å². The molecule has 0 rings (SSSR count). The Bertz CT molecular complexity index is 970. The lowest BCUT2D eigenvalue weighted by Gasteiger charge is -2.20. The van der Waals surface area contributed by atoms with Crippen LogP contribution in [0.15, 0.2) is 48.6 Å². The van der Waals surface area contributed by atoms with Gasteiger partial charge in [0, 0.05) is 6.42 Å². The highest BCUT2D eigenvalue weighted by molar-refractivity contribution is 5.76. The van der Waals surface area contributed by atoms with Crippen molar-refractivity contribution in [3.05, 3.63) is 48.6 Å². The lowest BCUT2D eigenvalue weighted by molar-refractivity contribution is -0.123. The molecule has 0 aromatic heterocycles. The van der Waals surface area contributed by atoms with Crippen LogP contribution in [0.5, 0.6) is 0 Å². The molecular formula is C57H107NO3. The van der Waals surface area contributed by atoms with Gasteiger partial charge < -0.3 is 15.5 Å². The van der Waals surface area contributed by atoms with Crippen molar-refractivity contribution in [2.75, 3.05) is 6.61 Å². The topological polar surface area (TPSA) is 69.6 Å². The van der Waals surface area contributed by atoms with Crippen LogP contribution in [0.25, 0.3) is 0 Å². The number of carbonyl (C=O) groups is 1. The van der Waals surface area contributed by atoms with Gasteiger partial charge in [0.1, 0.15) is 0 Å². The highest BCUT2D eigenvalue weighted by Gasteiger charge is 2.18. The number of unbranched alkanes of at least 4 members (excludes halogenated alkanes) is 37. The minimum absolute atomic E-state index is 0.0637. The molecule has 2 atom stereocenters. The third-order valence-electron chi connectivity index (χ3n) is 12.6. The maximum absolute atomic E-state index is 12.4. The van der Waals surface area contributed by atoms with Gasteiger partial charge in [-0.3, -0.25) is 4.79 Å². The van der Waals surface area contributed by atoms with Crippen molar-refractivity contribution in [1.29, 1.82) is 0 Å². The minimum atomic E-state index is -0.834. The van der Waals surface area contributed by atoms with Gasteiger partial charge >= 0.3 is 0 Å². The zero-order chi connectivity index (χ0) is 44.2. The van der Waals surface area contributed by atoms with Crippen LogP contribution in [0, 0.1) is 0 Å². The molecule has 0 aliphatic carbocycles. The van der Waals surface area contributed by atoms with Crippen LogP contribution in [0.2, 0.25) is 0 Å². The van der Waals surface area contributed by atoms with E-state index in [0.29, 0.717) is 6.42 Å². The van der Waals surface area contributed by atoms with Crippen LogP contribution < -0.4 is 5.32 Å². The summed E-state index contributed by atoms with van der Waals surface area (Å²) in [7, 11) is 0. The molecule has 0 fully saturated rings. The van der Waals surface area contributed by atoms with Crippen LogP contribution in [0.4, 0.5) is 0 Å². The van der Waals surface area contributed by atoms with E-state index >= 15 is 0 Å². The summed E-state index contributed by atoms with van der Waals surface area (Å²) in [5, 5.41) is 22.9. The fourth-order valence-electron chi connectivity index (χ4n) is 8.36. The molecule has 0 aliphatic heterocycles. The first-order chi connectivity index (χ1) is 30.2. The SMILES string of the molecule is CCCCCCC/C=C\C/C=C\C/C=C\CCCCCCCCCCCCCCCCCCCCCCCCCCCCC(=O)NC(CO)C(O)/C=C/CCCCCCCC. The number of allylic oxidation sites excluding steroid dienone is 7. The van der Waals surface area contributed by atoms with Crippen molar-refractivity contribution in [2.45, 2.75) is 302 Å². The normalized spacial score (nSPS) is 13.2. The molecule has 0 aromatic rings. The van der Waals surface area contributed by atoms with Gasteiger partial charge in [0.15, 0.2) is 0 Å². The summed E-state index contributed by atoms with van der Waals surface area (Å²) < 4.78 is 0. The molecule has 0 aliphatic rings. The number of aliphatic hydroxyl groups excluding tert-OH is 2. The van der Waals surface area contributed by atoms with Crippen molar-refractivity contribution >= 4 is 5.91 Å². The van der Waals surface area contributed by atoms with Crippen molar-refractivity contribution in [3.8, 4) is 0 Å². The Hall–Kier alpha value is -1.65. The Morgan fingerprint density at radius 2 is 0.672 bits per heavy atom. The summed E-state index contributed by atoms with van der Waals surface area (Å²) in [6.45, 7) is 4.27. The molecule has 4 heteroatoms. The number of rotatable bonds is 50. The van der Waals surface area contributed by atoms with E-state index in [1.807, 2.05) is 6.08 Å². The standard InChI is InChI=1S/C57H107NO3/c1-3-5-7-9-11-13-14-15-16-17-18-19-20-21-22-23-24-25-26-27-28-29-30-31-32-33-34-35-36-37-38-39-40-41-42-43-44-45-47-49-51-53-57(61)58-55(54-59)56(60)52-50-48-46-12-10-8-6-4-2/h14-15,17-18,20-21,50,52,55-56,59-60H,3-13,16,19,22-49,51,53-54H2,1-2H3,(H,58,61)/b15-14-,18-17-,21-20-,52-50+. The van der Waals surface area contributed by atoms with Crippen molar-refractivity contribution in [1.82, 2.24) is 5.32 Å². The number of nitrogens with one attached hydrogen (secondary N) is 1. The monoisotopic (exact) mass is 854 g/mol. The van der Waals surface area contributed by atoms with Gasteiger partial charge in [0.25, 0.3) is 0 Å². The predicted molar refractivity (Wildman–Crippen MR) is 271 cm³/mol. The van der Waals surface area contributed by atoms with Crippen LogP contribution in [-0.4, -0.2) is 34.9 Å². The average molecular weight is 854 g/mol. The summed E-state index contributed by atoms with van der Waals surface area (Å²) in [5.74, 6) is -0.0637. The summed E-state index contributed by atoms with van der Waals surface area (Å²) in [6, 6.07) is -0.617. The summed E-state index contributed by atoms with van der Waals surface area (Å²) >= 11 is 0. The van der Waals surface area contributed by atoms with E-state index in [0.717, 1.165) is 38.5 Å². The first kappa shape index (κ1) is 59.4. The lowest BCUT2D eigenvalue weighted by Crippen LogP contribution is -2.45. The average Bonchev–Trinajstić information content (AvgIpc) is 3.26. The molecule has 0 radical (unpaired) electrons. The number of carbonyl (C=O) groups excluding carboxylic acids is 1. The molecule has 0 bridgehead atoms. The maximum Gasteiger partial charge on any atom is 0.220 e. The van der Waals surface area contributed by atoms with Crippen LogP contribution >= 0.6 is 0 Å². The van der Waals surface area contributed by atoms with Gasteiger partial charge in [-0.2, -0.15) is 0 Å². The fourth-order valence-corrected chi connectivity index (χ4v) is 8.36. The molecule has 358 valence electrons. The molecule has 0 heterocycles. The highest BCUT2D eigenvalue weighted by Crippen LogP contribution is 2.17. The van der Waals surface area contributed by atoms with E-state index in [1.54, 1.807) is 6.08 Å². The molecule has 0 saturated carbocycles. The smallest absolute Gasteiger partial charge is 0.220 e. The second-order valence-electron chi connectivity index (χ2n) is 18.7. The van der Waals surface area contributed by atoms with Crippen molar-refractivity contribution in [2.24, 2.45) is 0 Å². The third-order valence-corrected chi connectivity index (χ3v) is 12.6. The number of amides is 1. The van der Waals surface area contributed by atoms with Gasteiger partial charge in [0.05, 0.1) is 18.8 Å². The largest absolute Gasteiger partial charge is 0.394 e. The number of hydrogen-bond donors (Lipinski definition) is 3. The molecule has 1 amide bonds. The second-order valence-corrected chi connectivity index (χ2v) is 18.7. The lowest BCUT2D eigenvalue weighted by atomic mass is 10.0. The number of hydrogen-bond acceptors (Lipinski definition) is 3. The van der Waals surface area contributed by atoms with E-state index in [2.05, 4.69) is 55.6 Å². The van der Waals surface area contributed by atoms with Crippen LogP contribution in [-0.2, 0) is 4.79 Å². The Kier molecular flexibility index (Phi) is 51.3. The van der Waals surface area contributed by atoms with Crippen LogP contribution in [0.3, 0.4) is 0 Å². The van der Waals surface area contributed by atoms with Gasteiger partial charge in [-0.25, -0.2) is 0 Å².